The van der Waals surface area contributed by atoms with E-state index in [2.05, 4.69) is 0 Å². The number of hydrogen-bond acceptors (Lipinski definition) is 4. The molecule has 2 aromatic rings. The number of Topliss-reactive ketones (excluding diaryl/α,β-unsaturated/α-hetero) is 1. The first-order valence-electron chi connectivity index (χ1n) is 7.64. The number of amides is 1. The lowest BCUT2D eigenvalue weighted by molar-refractivity contribution is -0.114. The predicted octanol–water partition coefficient (Wildman–Crippen LogP) is 3.05. The van der Waals surface area contributed by atoms with Crippen LogP contribution in [0.15, 0.2) is 30.3 Å². The van der Waals surface area contributed by atoms with Crippen LogP contribution in [-0.2, 0) is 11.3 Å². The molecule has 1 aliphatic heterocycles. The molecule has 1 heterocycles. The number of ketones is 1. The highest BCUT2D eigenvalue weighted by Crippen LogP contribution is 2.35. The Morgan fingerprint density at radius 2 is 1.67 bits per heavy atom. The van der Waals surface area contributed by atoms with Gasteiger partial charge >= 0.3 is 0 Å². The number of benzene rings is 2. The van der Waals surface area contributed by atoms with Gasteiger partial charge in [0.15, 0.2) is 11.5 Å². The van der Waals surface area contributed by atoms with Gasteiger partial charge in [0.2, 0.25) is 0 Å². The number of hydrogen-bond donors (Lipinski definition) is 0. The predicted molar refractivity (Wildman–Crippen MR) is 91.0 cm³/mol. The van der Waals surface area contributed by atoms with E-state index in [4.69, 9.17) is 9.47 Å². The summed E-state index contributed by atoms with van der Waals surface area (Å²) in [4.78, 5) is 26.3. The van der Waals surface area contributed by atoms with E-state index in [1.165, 1.54) is 4.90 Å². The minimum Gasteiger partial charge on any atom is -0.493 e. The van der Waals surface area contributed by atoms with Crippen molar-refractivity contribution in [2.24, 2.45) is 0 Å². The van der Waals surface area contributed by atoms with Crippen molar-refractivity contribution < 1.29 is 19.1 Å². The van der Waals surface area contributed by atoms with Crippen LogP contribution in [0.2, 0.25) is 0 Å². The van der Waals surface area contributed by atoms with E-state index in [9.17, 15) is 9.59 Å². The largest absolute Gasteiger partial charge is 0.493 e. The van der Waals surface area contributed by atoms with Crippen LogP contribution in [0.25, 0.3) is 0 Å². The molecule has 0 saturated heterocycles. The second-order valence-corrected chi connectivity index (χ2v) is 5.89. The topological polar surface area (TPSA) is 55.8 Å². The Balaban J connectivity index is 2.00. The second kappa shape index (κ2) is 6.00. The lowest BCUT2D eigenvalue weighted by Gasteiger charge is -2.19. The number of aryl methyl sites for hydroxylation is 2. The Hall–Kier alpha value is -2.82. The molecule has 0 spiro atoms. The summed E-state index contributed by atoms with van der Waals surface area (Å²) in [6.07, 6.45) is 0. The first-order valence-corrected chi connectivity index (χ1v) is 7.64. The van der Waals surface area contributed by atoms with Crippen molar-refractivity contribution in [2.75, 3.05) is 19.1 Å². The van der Waals surface area contributed by atoms with Crippen LogP contribution in [-0.4, -0.2) is 25.9 Å². The first-order chi connectivity index (χ1) is 11.5. The van der Waals surface area contributed by atoms with Crippen molar-refractivity contribution in [2.45, 2.75) is 20.4 Å². The average Bonchev–Trinajstić information content (AvgIpc) is 2.80. The summed E-state index contributed by atoms with van der Waals surface area (Å²) in [6.45, 7) is 4.14. The molecule has 0 N–H and O–H groups in total. The molecule has 0 fully saturated rings. The van der Waals surface area contributed by atoms with Crippen molar-refractivity contribution in [1.29, 1.82) is 0 Å². The maximum Gasteiger partial charge on any atom is 0.299 e. The fourth-order valence-electron chi connectivity index (χ4n) is 3.14. The van der Waals surface area contributed by atoms with Gasteiger partial charge in [-0.3, -0.25) is 9.59 Å². The summed E-state index contributed by atoms with van der Waals surface area (Å²) in [7, 11) is 3.14. The minimum atomic E-state index is -0.492. The standard InChI is InChI=1S/C19H19NO4/c1-11-7-12(2)17-14(8-11)18(21)19(22)20(17)10-13-5-6-15(23-3)16(9-13)24-4/h5-9H,10H2,1-4H3. The van der Waals surface area contributed by atoms with Gasteiger partial charge in [-0.15, -0.1) is 0 Å². The van der Waals surface area contributed by atoms with Crippen LogP contribution in [0.1, 0.15) is 27.0 Å². The molecule has 1 amide bonds. The second-order valence-electron chi connectivity index (χ2n) is 5.89. The van der Waals surface area contributed by atoms with Crippen LogP contribution in [0.3, 0.4) is 0 Å². The van der Waals surface area contributed by atoms with Gasteiger partial charge in [-0.2, -0.15) is 0 Å². The molecular formula is C19H19NO4. The summed E-state index contributed by atoms with van der Waals surface area (Å²) >= 11 is 0. The molecule has 0 atom stereocenters. The van der Waals surface area contributed by atoms with Gasteiger partial charge in [0.05, 0.1) is 32.0 Å². The number of anilines is 1. The molecule has 0 radical (unpaired) electrons. The third-order valence-corrected chi connectivity index (χ3v) is 4.19. The van der Waals surface area contributed by atoms with Crippen molar-refractivity contribution >= 4 is 17.4 Å². The maximum atomic E-state index is 12.4. The smallest absolute Gasteiger partial charge is 0.299 e. The van der Waals surface area contributed by atoms with Crippen LogP contribution in [0.4, 0.5) is 5.69 Å². The molecule has 1 aliphatic rings. The molecule has 5 heteroatoms. The number of methoxy groups -OCH3 is 2. The van der Waals surface area contributed by atoms with E-state index >= 15 is 0 Å². The highest BCUT2D eigenvalue weighted by Gasteiger charge is 2.37. The molecule has 3 rings (SSSR count). The van der Waals surface area contributed by atoms with E-state index in [0.717, 1.165) is 16.7 Å². The van der Waals surface area contributed by atoms with Gasteiger partial charge < -0.3 is 14.4 Å². The van der Waals surface area contributed by atoms with E-state index in [-0.39, 0.29) is 0 Å². The molecule has 0 bridgehead atoms. The third-order valence-electron chi connectivity index (χ3n) is 4.19. The summed E-state index contributed by atoms with van der Waals surface area (Å²) < 4.78 is 10.5. The highest BCUT2D eigenvalue weighted by molar-refractivity contribution is 6.52. The number of fused-ring (bicyclic) bond motifs is 1. The lowest BCUT2D eigenvalue weighted by atomic mass is 10.0. The zero-order valence-electron chi connectivity index (χ0n) is 14.2. The zero-order chi connectivity index (χ0) is 17.4. The Morgan fingerprint density at radius 3 is 2.33 bits per heavy atom. The fraction of sp³-hybridized carbons (Fsp3) is 0.263. The highest BCUT2D eigenvalue weighted by atomic mass is 16.5. The summed E-state index contributed by atoms with van der Waals surface area (Å²) in [5.41, 5.74) is 3.94. The van der Waals surface area contributed by atoms with Gasteiger partial charge in [0.25, 0.3) is 11.7 Å². The summed E-state index contributed by atoms with van der Waals surface area (Å²) in [5.74, 6) is 0.275. The lowest BCUT2D eigenvalue weighted by Crippen LogP contribution is -2.29. The summed E-state index contributed by atoms with van der Waals surface area (Å²) in [5, 5.41) is 0. The quantitative estimate of drug-likeness (QED) is 0.811. The number of carbonyl (C=O) groups excluding carboxylic acids is 2. The Bertz CT molecular complexity index is 842. The molecule has 2 aromatic carbocycles. The van der Waals surface area contributed by atoms with Crippen molar-refractivity contribution in [1.82, 2.24) is 0 Å². The Kier molecular flexibility index (Phi) is 4.01. The molecule has 24 heavy (non-hydrogen) atoms. The molecule has 0 unspecified atom stereocenters. The maximum absolute atomic E-state index is 12.4. The average molecular weight is 325 g/mol. The monoisotopic (exact) mass is 325 g/mol. The van der Waals surface area contributed by atoms with Crippen LogP contribution < -0.4 is 14.4 Å². The van der Waals surface area contributed by atoms with Crippen molar-refractivity contribution in [3.05, 3.63) is 52.6 Å². The van der Waals surface area contributed by atoms with Crippen molar-refractivity contribution in [3.8, 4) is 11.5 Å². The van der Waals surface area contributed by atoms with Gasteiger partial charge in [-0.05, 0) is 48.7 Å². The molecule has 5 nitrogen and oxygen atoms in total. The van der Waals surface area contributed by atoms with E-state index in [1.54, 1.807) is 26.4 Å². The third kappa shape index (κ3) is 2.52. The number of nitrogens with zero attached hydrogens (tertiary/aromatic N) is 1. The van der Waals surface area contributed by atoms with E-state index in [0.29, 0.717) is 29.3 Å². The SMILES string of the molecule is COc1ccc(CN2C(=O)C(=O)c3cc(C)cc(C)c32)cc1OC. The Labute approximate surface area is 140 Å². The number of ether oxygens (including phenoxy) is 2. The van der Waals surface area contributed by atoms with E-state index < -0.39 is 11.7 Å². The zero-order valence-corrected chi connectivity index (χ0v) is 14.2. The number of carbonyl (C=O) groups is 2. The molecule has 0 aromatic heterocycles. The van der Waals surface area contributed by atoms with Gasteiger partial charge in [-0.1, -0.05) is 12.1 Å². The van der Waals surface area contributed by atoms with Gasteiger partial charge in [-0.25, -0.2) is 0 Å². The summed E-state index contributed by atoms with van der Waals surface area (Å²) in [6, 6.07) is 9.22. The van der Waals surface area contributed by atoms with E-state index in [1.807, 2.05) is 32.0 Å². The minimum absolute atomic E-state index is 0.307. The first kappa shape index (κ1) is 16.1. The van der Waals surface area contributed by atoms with Gasteiger partial charge in [0, 0.05) is 0 Å². The van der Waals surface area contributed by atoms with Crippen molar-refractivity contribution in [3.63, 3.8) is 0 Å². The molecular weight excluding hydrogens is 306 g/mol. The van der Waals surface area contributed by atoms with Crippen LogP contribution in [0, 0.1) is 13.8 Å². The van der Waals surface area contributed by atoms with Gasteiger partial charge in [0.1, 0.15) is 0 Å². The fourth-order valence-corrected chi connectivity index (χ4v) is 3.14. The van der Waals surface area contributed by atoms with Crippen LogP contribution >= 0.6 is 0 Å². The molecule has 124 valence electrons. The number of rotatable bonds is 4. The molecule has 0 aliphatic carbocycles. The Morgan fingerprint density at radius 1 is 0.958 bits per heavy atom. The normalized spacial score (nSPS) is 13.2. The molecule has 0 saturated carbocycles. The van der Waals surface area contributed by atoms with Crippen LogP contribution in [0.5, 0.6) is 11.5 Å².